The van der Waals surface area contributed by atoms with E-state index < -0.39 is 0 Å². The van der Waals surface area contributed by atoms with Crippen LogP contribution in [0, 0.1) is 11.3 Å². The molecule has 1 aliphatic heterocycles. The van der Waals surface area contributed by atoms with Crippen LogP contribution < -0.4 is 5.73 Å². The summed E-state index contributed by atoms with van der Waals surface area (Å²) >= 11 is 0. The van der Waals surface area contributed by atoms with Crippen molar-refractivity contribution >= 4 is 0 Å². The maximum Gasteiger partial charge on any atom is 0.0249 e. The van der Waals surface area contributed by atoms with Crippen LogP contribution in [-0.2, 0) is 0 Å². The van der Waals surface area contributed by atoms with E-state index in [1.165, 1.54) is 38.8 Å². The van der Waals surface area contributed by atoms with Gasteiger partial charge in [0.05, 0.1) is 0 Å². The first-order chi connectivity index (χ1) is 6.98. The third-order valence-electron chi connectivity index (χ3n) is 4.31. The Morgan fingerprint density at radius 3 is 2.60 bits per heavy atom. The predicted molar refractivity (Wildman–Crippen MR) is 64.7 cm³/mol. The van der Waals surface area contributed by atoms with Crippen molar-refractivity contribution in [1.82, 2.24) is 4.90 Å². The number of nitrogens with zero attached hydrogens (tertiary/aromatic N) is 1. The summed E-state index contributed by atoms with van der Waals surface area (Å²) in [6.45, 7) is 9.64. The standard InChI is InChI=1S/C13H26N2/c1-10-4-5-11(14)12(8-10)15-7-6-13(2,3)9-15/h10-12H,4-9,14H2,1-3H3. The molecule has 0 aromatic carbocycles. The second kappa shape index (κ2) is 4.06. The van der Waals surface area contributed by atoms with E-state index in [4.69, 9.17) is 5.73 Å². The van der Waals surface area contributed by atoms with Gasteiger partial charge >= 0.3 is 0 Å². The maximum atomic E-state index is 6.27. The van der Waals surface area contributed by atoms with E-state index in [1.807, 2.05) is 0 Å². The second-order valence-electron chi connectivity index (χ2n) is 6.53. The molecule has 3 unspecified atom stereocenters. The average molecular weight is 210 g/mol. The molecular formula is C13H26N2. The first-order valence-electron chi connectivity index (χ1n) is 6.47. The Bertz CT molecular complexity index is 225. The Kier molecular flexibility index (Phi) is 3.09. The SMILES string of the molecule is CC1CCC(N)C(N2CCC(C)(C)C2)C1. The number of hydrogen-bond donors (Lipinski definition) is 1. The van der Waals surface area contributed by atoms with Gasteiger partial charge in [0, 0.05) is 18.6 Å². The summed E-state index contributed by atoms with van der Waals surface area (Å²) in [6, 6.07) is 1.09. The molecule has 2 aliphatic rings. The lowest BCUT2D eigenvalue weighted by Crippen LogP contribution is -2.50. The predicted octanol–water partition coefficient (Wildman–Crippen LogP) is 2.23. The van der Waals surface area contributed by atoms with Crippen molar-refractivity contribution in [3.63, 3.8) is 0 Å². The smallest absolute Gasteiger partial charge is 0.0249 e. The van der Waals surface area contributed by atoms with E-state index in [0.717, 1.165) is 5.92 Å². The van der Waals surface area contributed by atoms with Crippen LogP contribution in [0.5, 0.6) is 0 Å². The highest BCUT2D eigenvalue weighted by atomic mass is 15.2. The van der Waals surface area contributed by atoms with Gasteiger partial charge in [-0.1, -0.05) is 20.8 Å². The van der Waals surface area contributed by atoms with E-state index in [0.29, 0.717) is 17.5 Å². The Labute approximate surface area is 94.2 Å². The van der Waals surface area contributed by atoms with Gasteiger partial charge in [-0.2, -0.15) is 0 Å². The van der Waals surface area contributed by atoms with Crippen LogP contribution >= 0.6 is 0 Å². The van der Waals surface area contributed by atoms with Gasteiger partial charge in [-0.05, 0) is 43.6 Å². The molecule has 1 saturated heterocycles. The molecule has 1 saturated carbocycles. The van der Waals surface area contributed by atoms with Crippen LogP contribution in [0.25, 0.3) is 0 Å². The van der Waals surface area contributed by atoms with E-state index >= 15 is 0 Å². The van der Waals surface area contributed by atoms with Crippen molar-refractivity contribution in [3.8, 4) is 0 Å². The number of likely N-dealkylation sites (tertiary alicyclic amines) is 1. The molecule has 2 nitrogen and oxygen atoms in total. The molecular weight excluding hydrogens is 184 g/mol. The summed E-state index contributed by atoms with van der Waals surface area (Å²) in [4.78, 5) is 2.65. The summed E-state index contributed by atoms with van der Waals surface area (Å²) < 4.78 is 0. The Balaban J connectivity index is 1.97. The van der Waals surface area contributed by atoms with Gasteiger partial charge in [-0.15, -0.1) is 0 Å². The van der Waals surface area contributed by atoms with Crippen molar-refractivity contribution in [1.29, 1.82) is 0 Å². The Hall–Kier alpha value is -0.0800. The topological polar surface area (TPSA) is 29.3 Å². The van der Waals surface area contributed by atoms with Crippen molar-refractivity contribution in [2.45, 2.75) is 58.5 Å². The third kappa shape index (κ3) is 2.54. The molecule has 2 heteroatoms. The maximum absolute atomic E-state index is 6.27. The molecule has 0 bridgehead atoms. The molecule has 0 spiro atoms. The molecule has 0 aromatic rings. The van der Waals surface area contributed by atoms with Crippen LogP contribution in [-0.4, -0.2) is 30.1 Å². The van der Waals surface area contributed by atoms with Gasteiger partial charge in [-0.25, -0.2) is 0 Å². The fourth-order valence-electron chi connectivity index (χ4n) is 3.23. The molecule has 0 aromatic heterocycles. The minimum absolute atomic E-state index is 0.426. The number of hydrogen-bond acceptors (Lipinski definition) is 2. The lowest BCUT2D eigenvalue weighted by molar-refractivity contribution is 0.130. The normalized spacial score (nSPS) is 42.0. The quantitative estimate of drug-likeness (QED) is 0.719. The summed E-state index contributed by atoms with van der Waals surface area (Å²) in [5.41, 5.74) is 6.78. The molecule has 3 atom stereocenters. The zero-order valence-electron chi connectivity index (χ0n) is 10.5. The monoisotopic (exact) mass is 210 g/mol. The van der Waals surface area contributed by atoms with Crippen LogP contribution in [0.1, 0.15) is 46.5 Å². The minimum atomic E-state index is 0.426. The fraction of sp³-hybridized carbons (Fsp3) is 1.00. The van der Waals surface area contributed by atoms with E-state index in [9.17, 15) is 0 Å². The number of rotatable bonds is 1. The van der Waals surface area contributed by atoms with Gasteiger partial charge in [0.25, 0.3) is 0 Å². The summed E-state index contributed by atoms with van der Waals surface area (Å²) in [5.74, 6) is 0.874. The van der Waals surface area contributed by atoms with Crippen LogP contribution in [0.3, 0.4) is 0 Å². The van der Waals surface area contributed by atoms with Crippen molar-refractivity contribution in [2.75, 3.05) is 13.1 Å². The van der Waals surface area contributed by atoms with Crippen molar-refractivity contribution < 1.29 is 0 Å². The van der Waals surface area contributed by atoms with Crippen LogP contribution in [0.4, 0.5) is 0 Å². The van der Waals surface area contributed by atoms with E-state index in [1.54, 1.807) is 0 Å². The first kappa shape index (κ1) is 11.4. The van der Waals surface area contributed by atoms with Gasteiger partial charge in [0.15, 0.2) is 0 Å². The molecule has 88 valence electrons. The molecule has 2 N–H and O–H groups in total. The lowest BCUT2D eigenvalue weighted by Gasteiger charge is -2.39. The number of nitrogens with two attached hydrogens (primary N) is 1. The summed E-state index contributed by atoms with van der Waals surface area (Å²) in [7, 11) is 0. The second-order valence-corrected chi connectivity index (χ2v) is 6.53. The van der Waals surface area contributed by atoms with Gasteiger partial charge in [0.1, 0.15) is 0 Å². The Morgan fingerprint density at radius 2 is 2.00 bits per heavy atom. The van der Waals surface area contributed by atoms with E-state index in [-0.39, 0.29) is 0 Å². The van der Waals surface area contributed by atoms with Crippen LogP contribution in [0.15, 0.2) is 0 Å². The minimum Gasteiger partial charge on any atom is -0.326 e. The Morgan fingerprint density at radius 1 is 1.27 bits per heavy atom. The largest absolute Gasteiger partial charge is 0.326 e. The lowest BCUT2D eigenvalue weighted by atomic mass is 9.83. The fourth-order valence-corrected chi connectivity index (χ4v) is 3.23. The highest BCUT2D eigenvalue weighted by Gasteiger charge is 2.37. The van der Waals surface area contributed by atoms with Gasteiger partial charge in [0.2, 0.25) is 0 Å². The van der Waals surface area contributed by atoms with E-state index in [2.05, 4.69) is 25.7 Å². The highest BCUT2D eigenvalue weighted by molar-refractivity contribution is 4.93. The third-order valence-corrected chi connectivity index (χ3v) is 4.31. The van der Waals surface area contributed by atoms with Gasteiger partial charge in [-0.3, -0.25) is 4.90 Å². The van der Waals surface area contributed by atoms with Gasteiger partial charge < -0.3 is 5.73 Å². The van der Waals surface area contributed by atoms with Crippen molar-refractivity contribution in [3.05, 3.63) is 0 Å². The molecule has 2 fully saturated rings. The first-order valence-corrected chi connectivity index (χ1v) is 6.47. The molecule has 15 heavy (non-hydrogen) atoms. The zero-order chi connectivity index (χ0) is 11.1. The molecule has 2 rings (SSSR count). The van der Waals surface area contributed by atoms with Crippen molar-refractivity contribution in [2.24, 2.45) is 17.1 Å². The average Bonchev–Trinajstić information content (AvgIpc) is 2.50. The van der Waals surface area contributed by atoms with Crippen LogP contribution in [0.2, 0.25) is 0 Å². The molecule has 0 radical (unpaired) electrons. The highest BCUT2D eigenvalue weighted by Crippen LogP contribution is 2.35. The zero-order valence-corrected chi connectivity index (χ0v) is 10.5. The molecule has 1 heterocycles. The summed E-state index contributed by atoms with van der Waals surface area (Å²) in [5, 5.41) is 0. The summed E-state index contributed by atoms with van der Waals surface area (Å²) in [6.07, 6.45) is 5.21. The molecule has 1 aliphatic carbocycles. The molecule has 0 amide bonds.